The summed E-state index contributed by atoms with van der Waals surface area (Å²) in [4.78, 5) is 0. The van der Waals surface area contributed by atoms with E-state index in [2.05, 4.69) is 54.5 Å². The van der Waals surface area contributed by atoms with E-state index in [1.54, 1.807) is 0 Å². The quantitative estimate of drug-likeness (QED) is 0.483. The summed E-state index contributed by atoms with van der Waals surface area (Å²) in [5, 5.41) is 8.87. The molecule has 0 spiro atoms. The number of aliphatic hydroxyl groups is 1. The highest BCUT2D eigenvalue weighted by molar-refractivity contribution is 6.77. The number of hydrogen-bond acceptors (Lipinski definition) is 2. The van der Waals surface area contributed by atoms with E-state index in [1.807, 2.05) is 6.08 Å². The fourth-order valence-corrected chi connectivity index (χ4v) is 8.84. The number of hydrogen-bond donors (Lipinski definition) is 1. The van der Waals surface area contributed by atoms with E-state index in [0.29, 0.717) is 16.6 Å². The first-order valence-electron chi connectivity index (χ1n) is 7.78. The van der Waals surface area contributed by atoms with Gasteiger partial charge in [-0.2, -0.15) is 0 Å². The second-order valence-corrected chi connectivity index (χ2v) is 11.7. The van der Waals surface area contributed by atoms with Crippen LogP contribution in [0, 0.1) is 0 Å². The van der Waals surface area contributed by atoms with Gasteiger partial charge in [-0.25, -0.2) is 0 Å². The molecule has 1 unspecified atom stereocenters. The smallest absolute Gasteiger partial charge is 0.201 e. The van der Waals surface area contributed by atoms with Crippen molar-refractivity contribution in [3.05, 3.63) is 12.2 Å². The summed E-state index contributed by atoms with van der Waals surface area (Å²) < 4.78 is 6.69. The Hall–Kier alpha value is -0.123. The third-order valence-electron chi connectivity index (χ3n) is 4.11. The first kappa shape index (κ1) is 18.9. The van der Waals surface area contributed by atoms with Crippen LogP contribution in [0.5, 0.6) is 0 Å². The van der Waals surface area contributed by atoms with Crippen molar-refractivity contribution >= 4 is 8.32 Å². The molecule has 3 heteroatoms. The first-order chi connectivity index (χ1) is 8.82. The van der Waals surface area contributed by atoms with E-state index in [-0.39, 0.29) is 12.7 Å². The third-order valence-corrected chi connectivity index (χ3v) is 10.2. The predicted octanol–water partition coefficient (Wildman–Crippen LogP) is 4.90. The van der Waals surface area contributed by atoms with Crippen LogP contribution < -0.4 is 0 Å². The van der Waals surface area contributed by atoms with Crippen molar-refractivity contribution < 1.29 is 9.53 Å². The standard InChI is InChI=1S/C16H34O2Si/c1-8-16(11-9-10-12-17)18-19(13(2)3,14(4)5)15(6)7/h9,11,13-17H,8,10,12H2,1-7H3. The first-order valence-corrected chi connectivity index (χ1v) is 9.92. The normalized spacial score (nSPS) is 15.1. The molecule has 0 aromatic rings. The minimum absolute atomic E-state index is 0.199. The van der Waals surface area contributed by atoms with E-state index in [4.69, 9.17) is 9.53 Å². The fourth-order valence-electron chi connectivity index (χ4n) is 3.25. The molecule has 2 nitrogen and oxygen atoms in total. The van der Waals surface area contributed by atoms with E-state index in [1.165, 1.54) is 0 Å². The second kappa shape index (κ2) is 8.93. The van der Waals surface area contributed by atoms with Gasteiger partial charge in [0.05, 0.1) is 6.10 Å². The summed E-state index contributed by atoms with van der Waals surface area (Å²) in [6.07, 6.45) is 6.12. The zero-order valence-corrected chi connectivity index (χ0v) is 14.9. The van der Waals surface area contributed by atoms with Crippen molar-refractivity contribution in [2.45, 2.75) is 84.0 Å². The lowest BCUT2D eigenvalue weighted by Crippen LogP contribution is -2.49. The number of rotatable bonds is 9. The zero-order chi connectivity index (χ0) is 15.1. The van der Waals surface area contributed by atoms with Crippen LogP contribution >= 0.6 is 0 Å². The summed E-state index contributed by atoms with van der Waals surface area (Å²) in [7, 11) is -1.79. The van der Waals surface area contributed by atoms with Crippen molar-refractivity contribution in [2.75, 3.05) is 6.61 Å². The van der Waals surface area contributed by atoms with E-state index < -0.39 is 8.32 Å². The van der Waals surface area contributed by atoms with Crippen LogP contribution in [-0.2, 0) is 4.43 Å². The Morgan fingerprint density at radius 2 is 1.47 bits per heavy atom. The van der Waals surface area contributed by atoms with Gasteiger partial charge in [-0.05, 0) is 29.5 Å². The molecule has 0 aliphatic rings. The van der Waals surface area contributed by atoms with Crippen LogP contribution in [-0.4, -0.2) is 26.1 Å². The highest BCUT2D eigenvalue weighted by Crippen LogP contribution is 2.43. The lowest BCUT2D eigenvalue weighted by Gasteiger charge is -2.44. The Labute approximate surface area is 121 Å². The van der Waals surface area contributed by atoms with Gasteiger partial charge in [0.1, 0.15) is 0 Å². The van der Waals surface area contributed by atoms with Crippen molar-refractivity contribution in [2.24, 2.45) is 0 Å². The molecule has 0 rings (SSSR count). The van der Waals surface area contributed by atoms with Gasteiger partial charge >= 0.3 is 0 Å². The summed E-state index contributed by atoms with van der Waals surface area (Å²) >= 11 is 0. The average Bonchev–Trinajstić information content (AvgIpc) is 2.32. The third kappa shape index (κ3) is 5.05. The van der Waals surface area contributed by atoms with Gasteiger partial charge in [0.15, 0.2) is 0 Å². The molecule has 0 saturated heterocycles. The van der Waals surface area contributed by atoms with Gasteiger partial charge < -0.3 is 9.53 Å². The van der Waals surface area contributed by atoms with Gasteiger partial charge in [0.2, 0.25) is 8.32 Å². The SMILES string of the molecule is CCC(C=CCCO)O[Si](C(C)C)(C(C)C)C(C)C. The lowest BCUT2D eigenvalue weighted by atomic mass is 10.2. The molecule has 0 aromatic heterocycles. The van der Waals surface area contributed by atoms with Crippen molar-refractivity contribution in [1.82, 2.24) is 0 Å². The molecule has 1 N–H and O–H groups in total. The zero-order valence-electron chi connectivity index (χ0n) is 13.9. The maximum atomic E-state index is 8.87. The Balaban J connectivity index is 5.07. The molecule has 0 aliphatic heterocycles. The molecule has 19 heavy (non-hydrogen) atoms. The van der Waals surface area contributed by atoms with Gasteiger partial charge in [-0.15, -0.1) is 0 Å². The largest absolute Gasteiger partial charge is 0.410 e. The Bertz CT molecular complexity index is 238. The Morgan fingerprint density at radius 1 is 1.00 bits per heavy atom. The maximum Gasteiger partial charge on any atom is 0.201 e. The van der Waals surface area contributed by atoms with Crippen LogP contribution in [0.2, 0.25) is 16.6 Å². The minimum atomic E-state index is -1.79. The average molecular weight is 287 g/mol. The van der Waals surface area contributed by atoms with Gasteiger partial charge in [0.25, 0.3) is 0 Å². The molecule has 0 aliphatic carbocycles. The second-order valence-electron chi connectivity index (χ2n) is 6.32. The van der Waals surface area contributed by atoms with Gasteiger partial charge in [0, 0.05) is 6.61 Å². The molecule has 0 amide bonds. The molecule has 0 aromatic carbocycles. The number of aliphatic hydroxyl groups excluding tert-OH is 1. The highest BCUT2D eigenvalue weighted by Gasteiger charge is 2.46. The topological polar surface area (TPSA) is 29.5 Å². The summed E-state index contributed by atoms with van der Waals surface area (Å²) in [6, 6.07) is 0. The molecular weight excluding hydrogens is 252 g/mol. The van der Waals surface area contributed by atoms with Gasteiger partial charge in [-0.1, -0.05) is 60.6 Å². The predicted molar refractivity (Wildman–Crippen MR) is 87.1 cm³/mol. The highest BCUT2D eigenvalue weighted by atomic mass is 28.4. The van der Waals surface area contributed by atoms with E-state index in [0.717, 1.165) is 12.8 Å². The molecule has 0 heterocycles. The summed E-state index contributed by atoms with van der Waals surface area (Å²) in [6.45, 7) is 16.3. The van der Waals surface area contributed by atoms with Crippen LogP contribution in [0.1, 0.15) is 61.3 Å². The van der Waals surface area contributed by atoms with Crippen LogP contribution in [0.4, 0.5) is 0 Å². The summed E-state index contributed by atoms with van der Waals surface area (Å²) in [5.41, 5.74) is 1.85. The maximum absolute atomic E-state index is 8.87. The molecule has 1 atom stereocenters. The molecule has 0 fully saturated rings. The Morgan fingerprint density at radius 3 is 1.79 bits per heavy atom. The van der Waals surface area contributed by atoms with Crippen LogP contribution in [0.25, 0.3) is 0 Å². The lowest BCUT2D eigenvalue weighted by molar-refractivity contribution is 0.211. The minimum Gasteiger partial charge on any atom is -0.410 e. The van der Waals surface area contributed by atoms with E-state index in [9.17, 15) is 0 Å². The van der Waals surface area contributed by atoms with Crippen LogP contribution in [0.15, 0.2) is 12.2 Å². The summed E-state index contributed by atoms with van der Waals surface area (Å²) in [5.74, 6) is 0. The molecule has 0 bridgehead atoms. The molecule has 0 saturated carbocycles. The fraction of sp³-hybridized carbons (Fsp3) is 0.875. The monoisotopic (exact) mass is 286 g/mol. The molecular formula is C16H34O2Si. The van der Waals surface area contributed by atoms with Crippen molar-refractivity contribution in [3.63, 3.8) is 0 Å². The Kier molecular flexibility index (Phi) is 8.87. The van der Waals surface area contributed by atoms with Crippen molar-refractivity contribution in [3.8, 4) is 0 Å². The molecule has 114 valence electrons. The van der Waals surface area contributed by atoms with Crippen molar-refractivity contribution in [1.29, 1.82) is 0 Å². The van der Waals surface area contributed by atoms with E-state index >= 15 is 0 Å². The molecule has 0 radical (unpaired) electrons. The van der Waals surface area contributed by atoms with Crippen LogP contribution in [0.3, 0.4) is 0 Å². The van der Waals surface area contributed by atoms with Gasteiger partial charge in [-0.3, -0.25) is 0 Å².